The van der Waals surface area contributed by atoms with E-state index in [-0.39, 0.29) is 13.0 Å². The van der Waals surface area contributed by atoms with Crippen LogP contribution in [0.1, 0.15) is 39.7 Å². The summed E-state index contributed by atoms with van der Waals surface area (Å²) in [5.41, 5.74) is 1.61. The number of hydrogen-bond acceptors (Lipinski definition) is 7. The number of aromatic nitrogens is 1. The van der Waals surface area contributed by atoms with Crippen LogP contribution in [0.4, 0.5) is 0 Å². The van der Waals surface area contributed by atoms with E-state index in [2.05, 4.69) is 31.6 Å². The highest BCUT2D eigenvalue weighted by molar-refractivity contribution is 5.96. The molecule has 2 aromatic rings. The van der Waals surface area contributed by atoms with Crippen molar-refractivity contribution in [1.29, 1.82) is 0 Å². The van der Waals surface area contributed by atoms with Crippen molar-refractivity contribution in [3.8, 4) is 0 Å². The van der Waals surface area contributed by atoms with Crippen molar-refractivity contribution in [2.75, 3.05) is 13.6 Å². The monoisotopic (exact) mass is 588 g/mol. The quantitative estimate of drug-likeness (QED) is 0.129. The Kier molecular flexibility index (Phi) is 12.5. The molecule has 0 saturated heterocycles. The first-order valence-corrected chi connectivity index (χ1v) is 13.6. The van der Waals surface area contributed by atoms with E-state index in [9.17, 15) is 39.0 Å². The maximum absolute atomic E-state index is 13.5. The Morgan fingerprint density at radius 1 is 0.786 bits per heavy atom. The van der Waals surface area contributed by atoms with E-state index in [1.54, 1.807) is 40.9 Å². The molecule has 42 heavy (non-hydrogen) atoms. The number of carbonyl (C=O) groups is 6. The molecule has 1 aromatic carbocycles. The number of para-hydroxylation sites is 1. The van der Waals surface area contributed by atoms with Crippen LogP contribution in [-0.4, -0.2) is 88.5 Å². The lowest BCUT2D eigenvalue weighted by molar-refractivity contribution is -0.144. The minimum Gasteiger partial charge on any atom is -0.481 e. The van der Waals surface area contributed by atoms with Crippen molar-refractivity contribution in [1.82, 2.24) is 31.6 Å². The Bertz CT molecular complexity index is 1290. The number of amides is 4. The first kappa shape index (κ1) is 33.7. The summed E-state index contributed by atoms with van der Waals surface area (Å²) < 4.78 is 0. The van der Waals surface area contributed by atoms with Gasteiger partial charge in [0, 0.05) is 23.5 Å². The smallest absolute Gasteiger partial charge is 0.326 e. The standard InChI is InChI=1S/C28H40N6O8/c1-14(2)23(27(40)32-20(11-22(36)37)26(39)34-24(15(3)4)28(41)42)33-25(38)19(31-21(35)13-29-5)10-16-12-30-18-9-7-6-8-17(16)18/h6-9,12,14-15,19-20,23-24,29-30H,10-11,13H2,1-5H3,(H,31,35)(H,32,40)(H,33,38)(H,34,39)(H,36,37)(H,41,42)/t19-,20-,23+,24+/m0/s1. The predicted molar refractivity (Wildman–Crippen MR) is 153 cm³/mol. The Balaban J connectivity index is 2.27. The maximum Gasteiger partial charge on any atom is 0.326 e. The molecule has 0 aliphatic carbocycles. The molecule has 0 bridgehead atoms. The van der Waals surface area contributed by atoms with Gasteiger partial charge in [-0.15, -0.1) is 0 Å². The van der Waals surface area contributed by atoms with E-state index in [1.807, 2.05) is 24.3 Å². The van der Waals surface area contributed by atoms with E-state index in [4.69, 9.17) is 0 Å². The number of likely N-dealkylation sites (N-methyl/N-ethyl adjacent to an activating group) is 1. The van der Waals surface area contributed by atoms with Gasteiger partial charge in [-0.1, -0.05) is 45.9 Å². The van der Waals surface area contributed by atoms with Crippen LogP contribution in [-0.2, 0) is 35.2 Å². The van der Waals surface area contributed by atoms with Gasteiger partial charge in [-0.05, 0) is 30.5 Å². The van der Waals surface area contributed by atoms with E-state index >= 15 is 0 Å². The lowest BCUT2D eigenvalue weighted by atomic mass is 9.99. The van der Waals surface area contributed by atoms with Gasteiger partial charge >= 0.3 is 11.9 Å². The zero-order valence-corrected chi connectivity index (χ0v) is 24.3. The number of H-pyrrole nitrogens is 1. The van der Waals surface area contributed by atoms with Gasteiger partial charge in [-0.2, -0.15) is 0 Å². The van der Waals surface area contributed by atoms with Crippen LogP contribution in [0.3, 0.4) is 0 Å². The van der Waals surface area contributed by atoms with Crippen LogP contribution in [0.15, 0.2) is 30.5 Å². The van der Waals surface area contributed by atoms with Crippen LogP contribution in [0.2, 0.25) is 0 Å². The second-order valence-corrected chi connectivity index (χ2v) is 10.7. The average molecular weight is 589 g/mol. The van der Waals surface area contributed by atoms with Gasteiger partial charge in [0.25, 0.3) is 0 Å². The normalized spacial score (nSPS) is 14.1. The Labute approximate surface area is 243 Å². The highest BCUT2D eigenvalue weighted by atomic mass is 16.4. The summed E-state index contributed by atoms with van der Waals surface area (Å²) in [5.74, 6) is -6.67. The third-order valence-electron chi connectivity index (χ3n) is 6.58. The summed E-state index contributed by atoms with van der Waals surface area (Å²) in [4.78, 5) is 78.1. The molecule has 2 rings (SSSR count). The number of benzene rings is 1. The van der Waals surface area contributed by atoms with E-state index in [0.29, 0.717) is 0 Å². The van der Waals surface area contributed by atoms with Gasteiger partial charge in [-0.3, -0.25) is 24.0 Å². The van der Waals surface area contributed by atoms with Gasteiger partial charge < -0.3 is 41.8 Å². The summed E-state index contributed by atoms with van der Waals surface area (Å²) in [6, 6.07) is 2.25. The molecule has 4 amide bonds. The van der Waals surface area contributed by atoms with E-state index in [1.165, 1.54) is 0 Å². The molecule has 0 fully saturated rings. The molecule has 0 spiro atoms. The second kappa shape index (κ2) is 15.5. The van der Waals surface area contributed by atoms with Crippen LogP contribution < -0.4 is 26.6 Å². The molecule has 0 aliphatic heterocycles. The Hall–Kier alpha value is -4.46. The molecule has 4 atom stereocenters. The molecular weight excluding hydrogens is 548 g/mol. The molecule has 1 aromatic heterocycles. The highest BCUT2D eigenvalue weighted by Gasteiger charge is 2.34. The summed E-state index contributed by atoms with van der Waals surface area (Å²) in [7, 11) is 1.58. The number of carboxylic acid groups (broad SMARTS) is 2. The van der Waals surface area contributed by atoms with Gasteiger partial charge in [0.2, 0.25) is 23.6 Å². The predicted octanol–water partition coefficient (Wildman–Crippen LogP) is -0.260. The van der Waals surface area contributed by atoms with Crippen LogP contribution in [0.25, 0.3) is 10.9 Å². The van der Waals surface area contributed by atoms with Crippen molar-refractivity contribution >= 4 is 46.5 Å². The summed E-state index contributed by atoms with van der Waals surface area (Å²) >= 11 is 0. The van der Waals surface area contributed by atoms with Crippen LogP contribution in [0.5, 0.6) is 0 Å². The minimum atomic E-state index is -1.61. The maximum atomic E-state index is 13.5. The minimum absolute atomic E-state index is 0.0501. The van der Waals surface area contributed by atoms with Crippen LogP contribution in [0, 0.1) is 11.8 Å². The van der Waals surface area contributed by atoms with Gasteiger partial charge in [0.15, 0.2) is 0 Å². The number of carbonyl (C=O) groups excluding carboxylic acids is 4. The van der Waals surface area contributed by atoms with Gasteiger partial charge in [-0.25, -0.2) is 4.79 Å². The molecule has 14 nitrogen and oxygen atoms in total. The lowest BCUT2D eigenvalue weighted by Gasteiger charge is -2.27. The number of aromatic amines is 1. The first-order chi connectivity index (χ1) is 19.7. The Morgan fingerprint density at radius 3 is 1.95 bits per heavy atom. The SMILES string of the molecule is CNCC(=O)N[C@@H](Cc1c[nH]c2ccccc12)C(=O)N[C@@H](C(=O)N[C@@H](CC(=O)O)C(=O)N[C@@H](C(=O)O)C(C)C)C(C)C. The van der Waals surface area contributed by atoms with E-state index < -0.39 is 78.0 Å². The molecule has 14 heteroatoms. The lowest BCUT2D eigenvalue weighted by Crippen LogP contribution is -2.60. The number of fused-ring (bicyclic) bond motifs is 1. The van der Waals surface area contributed by atoms with Gasteiger partial charge in [0.05, 0.1) is 13.0 Å². The highest BCUT2D eigenvalue weighted by Crippen LogP contribution is 2.19. The first-order valence-electron chi connectivity index (χ1n) is 13.6. The zero-order valence-electron chi connectivity index (χ0n) is 24.3. The van der Waals surface area contributed by atoms with Crippen molar-refractivity contribution < 1.29 is 39.0 Å². The fourth-order valence-electron chi connectivity index (χ4n) is 4.34. The molecule has 0 unspecified atom stereocenters. The molecule has 230 valence electrons. The number of nitrogens with one attached hydrogen (secondary N) is 6. The topological polar surface area (TPSA) is 219 Å². The summed E-state index contributed by atoms with van der Waals surface area (Å²) in [5, 5.41) is 32.2. The van der Waals surface area contributed by atoms with Crippen molar-refractivity contribution in [2.45, 2.75) is 64.7 Å². The number of carboxylic acids is 2. The fraction of sp³-hybridized carbons (Fsp3) is 0.500. The van der Waals surface area contributed by atoms with Crippen molar-refractivity contribution in [2.24, 2.45) is 11.8 Å². The third kappa shape index (κ3) is 9.58. The van der Waals surface area contributed by atoms with E-state index in [0.717, 1.165) is 16.5 Å². The van der Waals surface area contributed by atoms with Crippen molar-refractivity contribution in [3.05, 3.63) is 36.0 Å². The summed E-state index contributed by atoms with van der Waals surface area (Å²) in [6.45, 7) is 6.37. The third-order valence-corrected chi connectivity index (χ3v) is 6.58. The second-order valence-electron chi connectivity index (χ2n) is 10.7. The van der Waals surface area contributed by atoms with Gasteiger partial charge in [0.1, 0.15) is 24.2 Å². The number of aliphatic carboxylic acids is 2. The molecular formula is C28H40N6O8. The zero-order chi connectivity index (χ0) is 31.6. The fourth-order valence-corrected chi connectivity index (χ4v) is 4.34. The van der Waals surface area contributed by atoms with Crippen molar-refractivity contribution in [3.63, 3.8) is 0 Å². The average Bonchev–Trinajstić information content (AvgIpc) is 3.31. The molecule has 0 aliphatic rings. The molecule has 8 N–H and O–H groups in total. The molecule has 1 heterocycles. The molecule has 0 saturated carbocycles. The number of hydrogen-bond donors (Lipinski definition) is 8. The molecule has 0 radical (unpaired) electrons. The van der Waals surface area contributed by atoms with Crippen LogP contribution >= 0.6 is 0 Å². The number of rotatable bonds is 16. The largest absolute Gasteiger partial charge is 0.481 e. The Morgan fingerprint density at radius 2 is 1.38 bits per heavy atom. The summed E-state index contributed by atoms with van der Waals surface area (Å²) in [6.07, 6.45) is 1.02.